The molecule has 0 fully saturated rings. The Labute approximate surface area is 118 Å². The molecular weight excluding hydrogens is 236 g/mol. The highest BCUT2D eigenvalue weighted by Gasteiger charge is 2.25. The average Bonchev–Trinajstić information content (AvgIpc) is 2.73. The fourth-order valence-electron chi connectivity index (χ4n) is 2.57. The lowest BCUT2D eigenvalue weighted by molar-refractivity contribution is 0.265. The Morgan fingerprint density at radius 1 is 1.37 bits per heavy atom. The normalized spacial score (nSPS) is 14.8. The largest absolute Gasteiger partial charge is 0.316 e. The molecule has 1 heterocycles. The number of nitrogens with zero attached hydrogens (tertiary/aromatic N) is 3. The Bertz CT molecular complexity index is 359. The summed E-state index contributed by atoms with van der Waals surface area (Å²) >= 11 is 0. The zero-order chi connectivity index (χ0) is 14.3. The first-order chi connectivity index (χ1) is 9.00. The van der Waals surface area contributed by atoms with E-state index in [0.717, 1.165) is 31.9 Å². The van der Waals surface area contributed by atoms with Gasteiger partial charge < -0.3 is 5.32 Å². The van der Waals surface area contributed by atoms with Crippen LogP contribution >= 0.6 is 0 Å². The van der Waals surface area contributed by atoms with Crippen LogP contribution in [0.3, 0.4) is 0 Å². The first-order valence-electron chi connectivity index (χ1n) is 7.58. The van der Waals surface area contributed by atoms with Crippen molar-refractivity contribution in [2.24, 2.45) is 11.3 Å². The van der Waals surface area contributed by atoms with E-state index < -0.39 is 0 Å². The summed E-state index contributed by atoms with van der Waals surface area (Å²) in [5.41, 5.74) is 0.270. The molecule has 110 valence electrons. The third-order valence-corrected chi connectivity index (χ3v) is 3.47. The van der Waals surface area contributed by atoms with Crippen LogP contribution in [0.15, 0.2) is 6.33 Å². The topological polar surface area (TPSA) is 42.7 Å². The van der Waals surface area contributed by atoms with Crippen molar-refractivity contribution in [1.82, 2.24) is 20.1 Å². The Morgan fingerprint density at radius 3 is 2.68 bits per heavy atom. The van der Waals surface area contributed by atoms with E-state index in [1.807, 2.05) is 0 Å². The maximum Gasteiger partial charge on any atom is 0.138 e. The van der Waals surface area contributed by atoms with E-state index >= 15 is 0 Å². The third-order valence-electron chi connectivity index (χ3n) is 3.47. The molecular formula is C15H30N4. The van der Waals surface area contributed by atoms with Crippen molar-refractivity contribution in [1.29, 1.82) is 0 Å². The maximum atomic E-state index is 4.47. The fourth-order valence-corrected chi connectivity index (χ4v) is 2.57. The second kappa shape index (κ2) is 7.63. The van der Waals surface area contributed by atoms with E-state index in [4.69, 9.17) is 0 Å². The van der Waals surface area contributed by atoms with Crippen molar-refractivity contribution in [2.45, 2.75) is 60.4 Å². The molecule has 0 aliphatic rings. The number of aromatic nitrogens is 3. The van der Waals surface area contributed by atoms with Gasteiger partial charge in [-0.1, -0.05) is 41.0 Å². The van der Waals surface area contributed by atoms with Crippen LogP contribution in [0.25, 0.3) is 0 Å². The second-order valence-corrected chi connectivity index (χ2v) is 6.27. The van der Waals surface area contributed by atoms with E-state index in [1.54, 1.807) is 6.33 Å². The minimum Gasteiger partial charge on any atom is -0.316 e. The van der Waals surface area contributed by atoms with Gasteiger partial charge >= 0.3 is 0 Å². The second-order valence-electron chi connectivity index (χ2n) is 6.27. The standard InChI is InChI=1S/C15H30N4/c1-6-8-15(5,11-16-7-2)9-14-17-12-18-19(14)10-13(3)4/h12-13,16H,6-11H2,1-5H3. The van der Waals surface area contributed by atoms with Crippen molar-refractivity contribution in [3.63, 3.8) is 0 Å². The average molecular weight is 266 g/mol. The summed E-state index contributed by atoms with van der Waals surface area (Å²) in [6, 6.07) is 0. The Morgan fingerprint density at radius 2 is 2.11 bits per heavy atom. The van der Waals surface area contributed by atoms with Gasteiger partial charge in [-0.05, 0) is 24.3 Å². The zero-order valence-electron chi connectivity index (χ0n) is 13.2. The van der Waals surface area contributed by atoms with Crippen molar-refractivity contribution >= 4 is 0 Å². The van der Waals surface area contributed by atoms with Crippen molar-refractivity contribution in [2.75, 3.05) is 13.1 Å². The van der Waals surface area contributed by atoms with Crippen LogP contribution < -0.4 is 5.32 Å². The van der Waals surface area contributed by atoms with Crippen LogP contribution in [0.1, 0.15) is 53.3 Å². The molecule has 0 aromatic carbocycles. The highest BCUT2D eigenvalue weighted by Crippen LogP contribution is 2.27. The van der Waals surface area contributed by atoms with E-state index in [2.05, 4.69) is 54.7 Å². The van der Waals surface area contributed by atoms with Crippen molar-refractivity contribution in [3.05, 3.63) is 12.2 Å². The SMILES string of the molecule is CCCC(C)(CNCC)Cc1ncnn1CC(C)C. The molecule has 0 bridgehead atoms. The van der Waals surface area contributed by atoms with Crippen LogP contribution in [-0.4, -0.2) is 27.9 Å². The van der Waals surface area contributed by atoms with Gasteiger partial charge in [-0.25, -0.2) is 9.67 Å². The van der Waals surface area contributed by atoms with Gasteiger partial charge in [-0.3, -0.25) is 0 Å². The summed E-state index contributed by atoms with van der Waals surface area (Å²) in [6.07, 6.45) is 5.12. The molecule has 0 saturated carbocycles. The highest BCUT2D eigenvalue weighted by molar-refractivity contribution is 4.93. The Balaban J connectivity index is 2.75. The van der Waals surface area contributed by atoms with Crippen LogP contribution in [0, 0.1) is 11.3 Å². The van der Waals surface area contributed by atoms with Gasteiger partial charge in [-0.15, -0.1) is 0 Å². The quantitative estimate of drug-likeness (QED) is 0.747. The van der Waals surface area contributed by atoms with Gasteiger partial charge in [0.2, 0.25) is 0 Å². The number of nitrogens with one attached hydrogen (secondary N) is 1. The summed E-state index contributed by atoms with van der Waals surface area (Å²) in [5, 5.41) is 7.85. The van der Waals surface area contributed by atoms with Crippen LogP contribution in [0.4, 0.5) is 0 Å². The van der Waals surface area contributed by atoms with Gasteiger partial charge in [0.15, 0.2) is 0 Å². The van der Waals surface area contributed by atoms with E-state index in [0.29, 0.717) is 5.92 Å². The lowest BCUT2D eigenvalue weighted by Crippen LogP contribution is -2.34. The smallest absolute Gasteiger partial charge is 0.138 e. The molecule has 1 rings (SSSR count). The van der Waals surface area contributed by atoms with Gasteiger partial charge in [0.25, 0.3) is 0 Å². The van der Waals surface area contributed by atoms with Gasteiger partial charge in [0.1, 0.15) is 12.2 Å². The van der Waals surface area contributed by atoms with Gasteiger partial charge in [0, 0.05) is 19.5 Å². The lowest BCUT2D eigenvalue weighted by atomic mass is 9.82. The maximum absolute atomic E-state index is 4.47. The molecule has 1 aromatic heterocycles. The molecule has 0 spiro atoms. The van der Waals surface area contributed by atoms with Crippen LogP contribution in [0.2, 0.25) is 0 Å². The molecule has 0 aliphatic heterocycles. The minimum atomic E-state index is 0.270. The summed E-state index contributed by atoms with van der Waals surface area (Å²) in [7, 11) is 0. The summed E-state index contributed by atoms with van der Waals surface area (Å²) in [5.74, 6) is 1.73. The molecule has 4 heteroatoms. The lowest BCUT2D eigenvalue weighted by Gasteiger charge is -2.29. The van der Waals surface area contributed by atoms with E-state index in [-0.39, 0.29) is 5.41 Å². The number of rotatable bonds is 9. The molecule has 1 N–H and O–H groups in total. The summed E-state index contributed by atoms with van der Waals surface area (Å²) in [4.78, 5) is 4.47. The zero-order valence-corrected chi connectivity index (χ0v) is 13.2. The number of hydrogen-bond acceptors (Lipinski definition) is 3. The van der Waals surface area contributed by atoms with Crippen molar-refractivity contribution < 1.29 is 0 Å². The third kappa shape index (κ3) is 5.31. The predicted octanol–water partition coefficient (Wildman–Crippen LogP) is 2.89. The van der Waals surface area contributed by atoms with Crippen LogP contribution in [-0.2, 0) is 13.0 Å². The molecule has 0 amide bonds. The molecule has 1 unspecified atom stereocenters. The van der Waals surface area contributed by atoms with Crippen molar-refractivity contribution in [3.8, 4) is 0 Å². The molecule has 0 aliphatic carbocycles. The highest BCUT2D eigenvalue weighted by atomic mass is 15.3. The van der Waals surface area contributed by atoms with E-state index in [1.165, 1.54) is 12.8 Å². The van der Waals surface area contributed by atoms with Gasteiger partial charge in [0.05, 0.1) is 0 Å². The fraction of sp³-hybridized carbons (Fsp3) is 0.867. The summed E-state index contributed by atoms with van der Waals surface area (Å²) < 4.78 is 2.07. The molecule has 0 saturated heterocycles. The predicted molar refractivity (Wildman–Crippen MR) is 80.1 cm³/mol. The Hall–Kier alpha value is -0.900. The first-order valence-corrected chi connectivity index (χ1v) is 7.58. The molecule has 19 heavy (non-hydrogen) atoms. The summed E-state index contributed by atoms with van der Waals surface area (Å²) in [6.45, 7) is 14.2. The molecule has 0 radical (unpaired) electrons. The van der Waals surface area contributed by atoms with Gasteiger partial charge in [-0.2, -0.15) is 5.10 Å². The van der Waals surface area contributed by atoms with Crippen LogP contribution in [0.5, 0.6) is 0 Å². The first kappa shape index (κ1) is 16.2. The Kier molecular flexibility index (Phi) is 6.49. The van der Waals surface area contributed by atoms with E-state index in [9.17, 15) is 0 Å². The number of hydrogen-bond donors (Lipinski definition) is 1. The monoisotopic (exact) mass is 266 g/mol. The minimum absolute atomic E-state index is 0.270. The molecule has 1 aromatic rings. The molecule has 4 nitrogen and oxygen atoms in total. The molecule has 1 atom stereocenters.